The molecule has 0 bridgehead atoms. The van der Waals surface area contributed by atoms with Gasteiger partial charge in [-0.2, -0.15) is 5.10 Å². The summed E-state index contributed by atoms with van der Waals surface area (Å²) in [5.41, 5.74) is 7.64. The minimum Gasteiger partial charge on any atom is -0.419 e. The van der Waals surface area contributed by atoms with Crippen LogP contribution in [0.3, 0.4) is 0 Å². The zero-order chi connectivity index (χ0) is 19.3. The fraction of sp³-hybridized carbons (Fsp3) is 0.150. The molecule has 0 amide bonds. The van der Waals surface area contributed by atoms with E-state index in [1.165, 1.54) is 18.2 Å². The Bertz CT molecular complexity index is 1210. The van der Waals surface area contributed by atoms with Gasteiger partial charge >= 0.3 is 0 Å². The van der Waals surface area contributed by atoms with Crippen LogP contribution in [-0.4, -0.2) is 20.4 Å². The zero-order valence-corrected chi connectivity index (χ0v) is 14.6. The molecule has 2 aromatic heterocycles. The minimum absolute atomic E-state index is 0.0841. The lowest BCUT2D eigenvalue weighted by Gasteiger charge is -2.01. The molecule has 1 aliphatic rings. The molecule has 8 heteroatoms. The number of aromatic nitrogens is 4. The fourth-order valence-electron chi connectivity index (χ4n) is 2.98. The van der Waals surface area contributed by atoms with Gasteiger partial charge in [-0.25, -0.2) is 8.78 Å². The van der Waals surface area contributed by atoms with Crippen molar-refractivity contribution in [1.29, 1.82) is 0 Å². The summed E-state index contributed by atoms with van der Waals surface area (Å²) < 4.78 is 33.2. The number of nitrogens with one attached hydrogen (secondary N) is 1. The molecule has 0 spiro atoms. The van der Waals surface area contributed by atoms with Crippen molar-refractivity contribution in [3.63, 3.8) is 0 Å². The highest BCUT2D eigenvalue weighted by atomic mass is 19.1. The van der Waals surface area contributed by atoms with E-state index in [1.54, 1.807) is 30.4 Å². The van der Waals surface area contributed by atoms with E-state index in [2.05, 4.69) is 20.4 Å². The van der Waals surface area contributed by atoms with Gasteiger partial charge in [0.2, 0.25) is 5.89 Å². The van der Waals surface area contributed by atoms with Crippen molar-refractivity contribution >= 4 is 23.1 Å². The molecule has 0 unspecified atom stereocenters. The van der Waals surface area contributed by atoms with Crippen LogP contribution in [0.15, 0.2) is 40.8 Å². The van der Waals surface area contributed by atoms with E-state index in [1.807, 2.05) is 0 Å². The van der Waals surface area contributed by atoms with Crippen LogP contribution < -0.4 is 5.73 Å². The third-order valence-electron chi connectivity index (χ3n) is 4.85. The van der Waals surface area contributed by atoms with Crippen molar-refractivity contribution in [3.8, 4) is 11.5 Å². The second kappa shape index (κ2) is 6.07. The molecule has 1 saturated carbocycles. The minimum atomic E-state index is -0.579. The van der Waals surface area contributed by atoms with Gasteiger partial charge in [0.15, 0.2) is 0 Å². The third-order valence-corrected chi connectivity index (χ3v) is 4.85. The molecule has 1 aliphatic carbocycles. The molecule has 2 heterocycles. The first-order valence-electron chi connectivity index (χ1n) is 8.76. The molecule has 6 nitrogen and oxygen atoms in total. The molecule has 2 aromatic carbocycles. The first kappa shape index (κ1) is 16.8. The first-order chi connectivity index (χ1) is 13.5. The lowest BCUT2D eigenvalue weighted by molar-refractivity contribution is 0.447. The van der Waals surface area contributed by atoms with Crippen LogP contribution in [0.5, 0.6) is 0 Å². The number of nitrogens with zero attached hydrogens (tertiary/aromatic N) is 3. The van der Waals surface area contributed by atoms with Crippen LogP contribution in [0.4, 0.5) is 8.78 Å². The Morgan fingerprint density at radius 2 is 1.86 bits per heavy atom. The van der Waals surface area contributed by atoms with Crippen molar-refractivity contribution in [3.05, 3.63) is 65.2 Å². The summed E-state index contributed by atoms with van der Waals surface area (Å²) in [4.78, 5) is 0. The van der Waals surface area contributed by atoms with Gasteiger partial charge in [0.05, 0.1) is 22.3 Å². The number of H-pyrrole nitrogens is 1. The lowest BCUT2D eigenvalue weighted by atomic mass is 10.1. The van der Waals surface area contributed by atoms with Crippen LogP contribution in [0.1, 0.15) is 30.0 Å². The predicted octanol–water partition coefficient (Wildman–Crippen LogP) is 4.01. The highest BCUT2D eigenvalue weighted by Crippen LogP contribution is 2.42. The Morgan fingerprint density at radius 3 is 2.61 bits per heavy atom. The second-order valence-electron chi connectivity index (χ2n) is 6.94. The van der Waals surface area contributed by atoms with E-state index >= 15 is 0 Å². The molecule has 1 fully saturated rings. The zero-order valence-electron chi connectivity index (χ0n) is 14.6. The summed E-state index contributed by atoms with van der Waals surface area (Å²) in [7, 11) is 0. The maximum atomic E-state index is 14.6. The van der Waals surface area contributed by atoms with Crippen molar-refractivity contribution < 1.29 is 13.2 Å². The van der Waals surface area contributed by atoms with Gasteiger partial charge in [0.1, 0.15) is 11.6 Å². The SMILES string of the molecule is NC1(c2nnc(-c3cc4c(/C=C/c5ccc(F)cc5)n[nH]c4cc3F)o2)CC1. The van der Waals surface area contributed by atoms with Gasteiger partial charge in [-0.15, -0.1) is 10.2 Å². The van der Waals surface area contributed by atoms with Crippen molar-refractivity contribution in [1.82, 2.24) is 20.4 Å². The molecule has 4 aromatic rings. The van der Waals surface area contributed by atoms with Gasteiger partial charge in [-0.3, -0.25) is 5.10 Å². The summed E-state index contributed by atoms with van der Waals surface area (Å²) in [6.45, 7) is 0. The number of benzene rings is 2. The van der Waals surface area contributed by atoms with Crippen LogP contribution >= 0.6 is 0 Å². The van der Waals surface area contributed by atoms with Crippen molar-refractivity contribution in [2.45, 2.75) is 18.4 Å². The third kappa shape index (κ3) is 2.87. The van der Waals surface area contributed by atoms with E-state index in [9.17, 15) is 8.78 Å². The van der Waals surface area contributed by atoms with Crippen LogP contribution in [-0.2, 0) is 5.54 Å². The van der Waals surface area contributed by atoms with Crippen LogP contribution in [0.2, 0.25) is 0 Å². The number of halogens is 2. The predicted molar refractivity (Wildman–Crippen MR) is 99.8 cm³/mol. The largest absolute Gasteiger partial charge is 0.419 e. The summed E-state index contributed by atoms with van der Waals surface area (Å²) >= 11 is 0. The number of nitrogens with two attached hydrogens (primary N) is 1. The lowest BCUT2D eigenvalue weighted by Crippen LogP contribution is -2.18. The van der Waals surface area contributed by atoms with Gasteiger partial charge in [0, 0.05) is 11.5 Å². The molecule has 0 radical (unpaired) electrons. The number of fused-ring (bicyclic) bond motifs is 1. The number of hydrogen-bond acceptors (Lipinski definition) is 5. The van der Waals surface area contributed by atoms with E-state index in [4.69, 9.17) is 10.2 Å². The van der Waals surface area contributed by atoms with Gasteiger partial charge in [-0.05, 0) is 42.7 Å². The molecule has 28 heavy (non-hydrogen) atoms. The Labute approximate surface area is 158 Å². The summed E-state index contributed by atoms with van der Waals surface area (Å²) in [6.07, 6.45) is 5.12. The van der Waals surface area contributed by atoms with E-state index in [0.717, 1.165) is 18.4 Å². The molecule has 0 saturated heterocycles. The molecule has 5 rings (SSSR count). The average Bonchev–Trinajstić information content (AvgIpc) is 3.09. The average molecular weight is 379 g/mol. The van der Waals surface area contributed by atoms with E-state index in [0.29, 0.717) is 22.5 Å². The molecular weight excluding hydrogens is 364 g/mol. The monoisotopic (exact) mass is 379 g/mol. The first-order valence-corrected chi connectivity index (χ1v) is 8.76. The normalized spacial score (nSPS) is 15.5. The van der Waals surface area contributed by atoms with Gasteiger partial charge in [0.25, 0.3) is 5.89 Å². The number of hydrogen-bond donors (Lipinski definition) is 2. The molecular formula is C20H15F2N5O. The molecule has 3 N–H and O–H groups in total. The number of aromatic amines is 1. The fourth-order valence-corrected chi connectivity index (χ4v) is 2.98. The molecule has 0 atom stereocenters. The Balaban J connectivity index is 1.53. The Morgan fingerprint density at radius 1 is 1.07 bits per heavy atom. The Hall–Kier alpha value is -3.39. The maximum Gasteiger partial charge on any atom is 0.250 e. The molecule has 140 valence electrons. The second-order valence-corrected chi connectivity index (χ2v) is 6.94. The van der Waals surface area contributed by atoms with Gasteiger partial charge in [-0.1, -0.05) is 18.2 Å². The topological polar surface area (TPSA) is 93.6 Å². The van der Waals surface area contributed by atoms with E-state index in [-0.39, 0.29) is 17.3 Å². The smallest absolute Gasteiger partial charge is 0.250 e. The highest BCUT2D eigenvalue weighted by Gasteiger charge is 2.45. The summed E-state index contributed by atoms with van der Waals surface area (Å²) in [5, 5.41) is 15.6. The van der Waals surface area contributed by atoms with Crippen LogP contribution in [0.25, 0.3) is 34.5 Å². The highest BCUT2D eigenvalue weighted by molar-refractivity contribution is 5.92. The summed E-state index contributed by atoms with van der Waals surface area (Å²) in [6, 6.07) is 9.04. The Kier molecular flexibility index (Phi) is 3.63. The summed E-state index contributed by atoms with van der Waals surface area (Å²) in [5.74, 6) is -0.388. The standard InChI is InChI=1S/C20H15F2N5O/c21-12-4-1-11(2-5-12)3-6-16-14-9-13(15(22)10-17(14)25-24-16)18-26-27-19(28-18)20(23)7-8-20/h1-6,9-10H,7-8,23H2,(H,24,25)/b6-3+. The number of rotatable bonds is 4. The van der Waals surface area contributed by atoms with Crippen LogP contribution in [0, 0.1) is 11.6 Å². The maximum absolute atomic E-state index is 14.6. The van der Waals surface area contributed by atoms with Crippen molar-refractivity contribution in [2.24, 2.45) is 5.73 Å². The van der Waals surface area contributed by atoms with E-state index < -0.39 is 11.4 Å². The molecule has 0 aliphatic heterocycles. The van der Waals surface area contributed by atoms with Gasteiger partial charge < -0.3 is 10.2 Å². The van der Waals surface area contributed by atoms with Crippen molar-refractivity contribution in [2.75, 3.05) is 0 Å². The quantitative estimate of drug-likeness (QED) is 0.559.